The lowest BCUT2D eigenvalue weighted by molar-refractivity contribution is 0.0693. The molecule has 0 unspecified atom stereocenters. The summed E-state index contributed by atoms with van der Waals surface area (Å²) in [5.74, 6) is -0.800. The predicted octanol–water partition coefficient (Wildman–Crippen LogP) is 3.15. The second-order valence-corrected chi connectivity index (χ2v) is 4.74. The quantitative estimate of drug-likeness (QED) is 0.844. The zero-order chi connectivity index (χ0) is 17.5. The van der Waals surface area contributed by atoms with Crippen molar-refractivity contribution in [2.24, 2.45) is 0 Å². The summed E-state index contributed by atoms with van der Waals surface area (Å²) in [5.41, 5.74) is 0.908. The number of hydrogen-bond acceptors (Lipinski definition) is 5. The monoisotopic (exact) mass is 331 g/mol. The third-order valence-corrected chi connectivity index (χ3v) is 3.20. The Kier molecular flexibility index (Phi) is 5.62. The van der Waals surface area contributed by atoms with Gasteiger partial charge in [-0.25, -0.2) is 9.59 Å². The number of amides is 1. The lowest BCUT2D eigenvalue weighted by Crippen LogP contribution is -2.15. The molecule has 0 heterocycles. The summed E-state index contributed by atoms with van der Waals surface area (Å²) >= 11 is 0. The van der Waals surface area contributed by atoms with E-state index in [4.69, 9.17) is 14.2 Å². The fourth-order valence-corrected chi connectivity index (χ4v) is 2.03. The average molecular weight is 331 g/mol. The van der Waals surface area contributed by atoms with Crippen LogP contribution in [0.15, 0.2) is 42.5 Å². The maximum absolute atomic E-state index is 11.9. The highest BCUT2D eigenvalue weighted by Gasteiger charge is 2.18. The number of aromatic carboxylic acids is 1. The smallest absolute Gasteiger partial charge is 0.412 e. The molecular weight excluding hydrogens is 314 g/mol. The number of hydrogen-bond donors (Lipinski definition) is 2. The molecule has 2 N–H and O–H groups in total. The molecule has 0 aromatic heterocycles. The van der Waals surface area contributed by atoms with Crippen LogP contribution in [-0.4, -0.2) is 31.4 Å². The predicted molar refractivity (Wildman–Crippen MR) is 86.8 cm³/mol. The zero-order valence-corrected chi connectivity index (χ0v) is 13.2. The van der Waals surface area contributed by atoms with Crippen LogP contribution in [0.3, 0.4) is 0 Å². The lowest BCUT2D eigenvalue weighted by atomic mass is 10.1. The van der Waals surface area contributed by atoms with E-state index in [0.717, 1.165) is 5.56 Å². The van der Waals surface area contributed by atoms with Crippen molar-refractivity contribution >= 4 is 17.7 Å². The van der Waals surface area contributed by atoms with Gasteiger partial charge in [-0.15, -0.1) is 0 Å². The molecule has 1 amide bonds. The molecular formula is C17H17NO6. The van der Waals surface area contributed by atoms with Gasteiger partial charge >= 0.3 is 12.1 Å². The molecule has 7 heteroatoms. The van der Waals surface area contributed by atoms with Crippen LogP contribution in [0, 0.1) is 0 Å². The van der Waals surface area contributed by atoms with Crippen LogP contribution in [0.1, 0.15) is 15.9 Å². The number of carboxylic acids is 1. The molecule has 24 heavy (non-hydrogen) atoms. The first-order valence-corrected chi connectivity index (χ1v) is 7.02. The van der Waals surface area contributed by atoms with Crippen LogP contribution >= 0.6 is 0 Å². The molecule has 0 aliphatic carbocycles. The molecule has 2 aromatic rings. The standard InChI is InChI=1S/C17H17NO6/c1-22-14-9-15(23-2)13(8-12(14)16(19)20)18-17(21)24-10-11-6-4-3-5-7-11/h3-9H,10H2,1-2H3,(H,18,21)(H,19,20). The van der Waals surface area contributed by atoms with Crippen LogP contribution in [0.25, 0.3) is 0 Å². The number of carbonyl (C=O) groups excluding carboxylic acids is 1. The SMILES string of the molecule is COc1cc(OC)c(C(=O)O)cc1NC(=O)OCc1ccccc1. The minimum atomic E-state index is -1.18. The number of carboxylic acid groups (broad SMARTS) is 1. The lowest BCUT2D eigenvalue weighted by Gasteiger charge is -2.14. The van der Waals surface area contributed by atoms with E-state index < -0.39 is 12.1 Å². The van der Waals surface area contributed by atoms with Crippen LogP contribution in [0.2, 0.25) is 0 Å². The number of carbonyl (C=O) groups is 2. The minimum Gasteiger partial charge on any atom is -0.496 e. The third-order valence-electron chi connectivity index (χ3n) is 3.20. The van der Waals surface area contributed by atoms with Crippen molar-refractivity contribution in [2.45, 2.75) is 6.61 Å². The fraction of sp³-hybridized carbons (Fsp3) is 0.176. The Morgan fingerprint density at radius 3 is 2.29 bits per heavy atom. The molecule has 0 spiro atoms. The van der Waals surface area contributed by atoms with Crippen molar-refractivity contribution in [3.8, 4) is 11.5 Å². The Bertz CT molecular complexity index is 729. The van der Waals surface area contributed by atoms with Gasteiger partial charge in [0.15, 0.2) is 0 Å². The van der Waals surface area contributed by atoms with Crippen LogP contribution in [-0.2, 0) is 11.3 Å². The van der Waals surface area contributed by atoms with E-state index >= 15 is 0 Å². The first-order valence-electron chi connectivity index (χ1n) is 7.02. The van der Waals surface area contributed by atoms with Gasteiger partial charge in [0, 0.05) is 6.07 Å². The van der Waals surface area contributed by atoms with Crippen molar-refractivity contribution in [2.75, 3.05) is 19.5 Å². The summed E-state index contributed by atoms with van der Waals surface area (Å²) in [5, 5.41) is 11.7. The van der Waals surface area contributed by atoms with E-state index in [-0.39, 0.29) is 29.4 Å². The highest BCUT2D eigenvalue weighted by molar-refractivity contribution is 5.95. The number of rotatable bonds is 6. The Morgan fingerprint density at radius 1 is 1.04 bits per heavy atom. The van der Waals surface area contributed by atoms with E-state index in [9.17, 15) is 14.7 Å². The van der Waals surface area contributed by atoms with Gasteiger partial charge in [0.1, 0.15) is 23.7 Å². The van der Waals surface area contributed by atoms with Gasteiger partial charge < -0.3 is 19.3 Å². The Hall–Kier alpha value is -3.22. The van der Waals surface area contributed by atoms with Crippen molar-refractivity contribution in [1.29, 1.82) is 0 Å². The van der Waals surface area contributed by atoms with Gasteiger partial charge in [-0.2, -0.15) is 0 Å². The second kappa shape index (κ2) is 7.87. The second-order valence-electron chi connectivity index (χ2n) is 4.74. The maximum Gasteiger partial charge on any atom is 0.412 e. The molecule has 0 fully saturated rings. The van der Waals surface area contributed by atoms with Gasteiger partial charge in [0.25, 0.3) is 0 Å². The molecule has 2 aromatic carbocycles. The summed E-state index contributed by atoms with van der Waals surface area (Å²) < 4.78 is 15.3. The van der Waals surface area contributed by atoms with E-state index in [1.807, 2.05) is 30.3 Å². The molecule has 0 aliphatic rings. The number of ether oxygens (including phenoxy) is 3. The number of benzene rings is 2. The Balaban J connectivity index is 2.14. The van der Waals surface area contributed by atoms with Crippen LogP contribution in [0.5, 0.6) is 11.5 Å². The molecule has 126 valence electrons. The Morgan fingerprint density at radius 2 is 1.71 bits per heavy atom. The molecule has 0 atom stereocenters. The molecule has 7 nitrogen and oxygen atoms in total. The third kappa shape index (κ3) is 4.16. The highest BCUT2D eigenvalue weighted by atomic mass is 16.5. The summed E-state index contributed by atoms with van der Waals surface area (Å²) in [6.07, 6.45) is -0.723. The van der Waals surface area contributed by atoms with Crippen molar-refractivity contribution in [1.82, 2.24) is 0 Å². The van der Waals surface area contributed by atoms with Crippen LogP contribution in [0.4, 0.5) is 10.5 Å². The first-order chi connectivity index (χ1) is 11.5. The fourth-order valence-electron chi connectivity index (χ4n) is 2.03. The summed E-state index contributed by atoms with van der Waals surface area (Å²) in [6.45, 7) is 0.0942. The highest BCUT2D eigenvalue weighted by Crippen LogP contribution is 2.33. The van der Waals surface area contributed by atoms with E-state index in [1.165, 1.54) is 26.4 Å². The summed E-state index contributed by atoms with van der Waals surface area (Å²) in [6, 6.07) is 11.8. The molecule has 0 bridgehead atoms. The van der Waals surface area contributed by atoms with E-state index in [0.29, 0.717) is 0 Å². The van der Waals surface area contributed by atoms with Gasteiger partial charge in [0.05, 0.1) is 19.9 Å². The average Bonchev–Trinajstić information content (AvgIpc) is 2.60. The Labute approximate surface area is 138 Å². The zero-order valence-electron chi connectivity index (χ0n) is 13.2. The van der Waals surface area contributed by atoms with Gasteiger partial charge in [-0.05, 0) is 11.6 Å². The number of nitrogens with one attached hydrogen (secondary N) is 1. The summed E-state index contributed by atoms with van der Waals surface area (Å²) in [4.78, 5) is 23.2. The van der Waals surface area contributed by atoms with E-state index in [1.54, 1.807) is 0 Å². The van der Waals surface area contributed by atoms with Crippen LogP contribution < -0.4 is 14.8 Å². The van der Waals surface area contributed by atoms with Gasteiger partial charge in [-0.1, -0.05) is 30.3 Å². The van der Waals surface area contributed by atoms with Gasteiger partial charge in [-0.3, -0.25) is 5.32 Å². The normalized spacial score (nSPS) is 9.92. The van der Waals surface area contributed by atoms with Crippen molar-refractivity contribution in [3.05, 3.63) is 53.6 Å². The van der Waals surface area contributed by atoms with E-state index in [2.05, 4.69) is 5.32 Å². The molecule has 2 rings (SSSR count). The molecule has 0 saturated carbocycles. The van der Waals surface area contributed by atoms with Gasteiger partial charge in [0.2, 0.25) is 0 Å². The number of anilines is 1. The summed E-state index contributed by atoms with van der Waals surface area (Å²) in [7, 11) is 2.75. The minimum absolute atomic E-state index is 0.0942. The molecule has 0 radical (unpaired) electrons. The largest absolute Gasteiger partial charge is 0.496 e. The van der Waals surface area contributed by atoms with Crippen molar-refractivity contribution in [3.63, 3.8) is 0 Å². The maximum atomic E-state index is 11.9. The number of methoxy groups -OCH3 is 2. The topological polar surface area (TPSA) is 94.1 Å². The molecule has 0 saturated heterocycles. The first kappa shape index (κ1) is 17.1. The molecule has 0 aliphatic heterocycles. The van der Waals surface area contributed by atoms with Crippen molar-refractivity contribution < 1.29 is 28.9 Å².